The first-order chi connectivity index (χ1) is 12.3. The quantitative estimate of drug-likeness (QED) is 0.844. The molecule has 26 heavy (non-hydrogen) atoms. The van der Waals surface area contributed by atoms with E-state index in [0.29, 0.717) is 26.2 Å². The summed E-state index contributed by atoms with van der Waals surface area (Å²) in [5.41, 5.74) is 4.85. The van der Waals surface area contributed by atoms with Crippen LogP contribution in [0.3, 0.4) is 0 Å². The summed E-state index contributed by atoms with van der Waals surface area (Å²) >= 11 is 0. The summed E-state index contributed by atoms with van der Waals surface area (Å²) in [4.78, 5) is 28.2. The molecule has 0 aliphatic carbocycles. The number of urea groups is 1. The second-order valence-corrected chi connectivity index (χ2v) is 7.52. The Morgan fingerprint density at radius 2 is 1.62 bits per heavy atom. The van der Waals surface area contributed by atoms with Gasteiger partial charge in [0, 0.05) is 38.8 Å². The van der Waals surface area contributed by atoms with Crippen LogP contribution in [0.1, 0.15) is 36.1 Å². The molecule has 6 heteroatoms. The molecule has 1 fully saturated rings. The summed E-state index contributed by atoms with van der Waals surface area (Å²) in [6.07, 6.45) is 0. The molecule has 0 saturated carbocycles. The van der Waals surface area contributed by atoms with E-state index in [1.807, 2.05) is 18.7 Å². The van der Waals surface area contributed by atoms with E-state index in [1.165, 1.54) is 22.3 Å². The Hall–Kier alpha value is -2.08. The molecule has 1 saturated heterocycles. The SMILES string of the molecule is Cc1cc(C)c(CNC(=O)N2CCN(CC(=O)NC(C)C)CC2)c(C)c1. The molecule has 0 spiro atoms. The lowest BCUT2D eigenvalue weighted by atomic mass is 10.00. The Kier molecular flexibility index (Phi) is 7.03. The van der Waals surface area contributed by atoms with Gasteiger partial charge in [0.05, 0.1) is 6.54 Å². The third-order valence-electron chi connectivity index (χ3n) is 4.73. The van der Waals surface area contributed by atoms with Crippen LogP contribution in [0.25, 0.3) is 0 Å². The van der Waals surface area contributed by atoms with Gasteiger partial charge in [-0.05, 0) is 51.3 Å². The lowest BCUT2D eigenvalue weighted by molar-refractivity contribution is -0.123. The smallest absolute Gasteiger partial charge is 0.317 e. The van der Waals surface area contributed by atoms with Crippen molar-refractivity contribution in [3.63, 3.8) is 0 Å². The van der Waals surface area contributed by atoms with E-state index in [2.05, 4.69) is 48.4 Å². The van der Waals surface area contributed by atoms with E-state index in [1.54, 1.807) is 0 Å². The first-order valence-corrected chi connectivity index (χ1v) is 9.37. The van der Waals surface area contributed by atoms with Crippen LogP contribution in [-0.4, -0.2) is 60.5 Å². The van der Waals surface area contributed by atoms with Crippen LogP contribution in [-0.2, 0) is 11.3 Å². The maximum absolute atomic E-state index is 12.5. The van der Waals surface area contributed by atoms with E-state index >= 15 is 0 Å². The van der Waals surface area contributed by atoms with Crippen molar-refractivity contribution in [2.75, 3.05) is 32.7 Å². The minimum atomic E-state index is -0.0318. The number of piperazine rings is 1. The highest BCUT2D eigenvalue weighted by Crippen LogP contribution is 2.16. The number of carbonyl (C=O) groups is 2. The van der Waals surface area contributed by atoms with Crippen LogP contribution in [0.2, 0.25) is 0 Å². The van der Waals surface area contributed by atoms with Gasteiger partial charge >= 0.3 is 6.03 Å². The molecule has 2 N–H and O–H groups in total. The van der Waals surface area contributed by atoms with Crippen molar-refractivity contribution < 1.29 is 9.59 Å². The molecule has 0 aromatic heterocycles. The van der Waals surface area contributed by atoms with Crippen molar-refractivity contribution in [3.8, 4) is 0 Å². The van der Waals surface area contributed by atoms with Crippen molar-refractivity contribution in [2.45, 2.75) is 47.2 Å². The number of benzene rings is 1. The number of hydrogen-bond donors (Lipinski definition) is 2. The molecular weight excluding hydrogens is 328 g/mol. The number of nitrogens with one attached hydrogen (secondary N) is 2. The first kappa shape index (κ1) is 20.2. The van der Waals surface area contributed by atoms with Gasteiger partial charge in [0.25, 0.3) is 0 Å². The summed E-state index contributed by atoms with van der Waals surface area (Å²) < 4.78 is 0. The van der Waals surface area contributed by atoms with Gasteiger partial charge in [-0.25, -0.2) is 4.79 Å². The molecule has 1 aromatic rings. The van der Waals surface area contributed by atoms with E-state index in [4.69, 9.17) is 0 Å². The summed E-state index contributed by atoms with van der Waals surface area (Å²) in [7, 11) is 0. The molecule has 3 amide bonds. The second kappa shape index (κ2) is 9.03. The van der Waals surface area contributed by atoms with Crippen LogP contribution in [0.15, 0.2) is 12.1 Å². The largest absolute Gasteiger partial charge is 0.353 e. The predicted molar refractivity (Wildman–Crippen MR) is 104 cm³/mol. The minimum absolute atomic E-state index is 0.0318. The van der Waals surface area contributed by atoms with Crippen LogP contribution >= 0.6 is 0 Å². The predicted octanol–water partition coefficient (Wildman–Crippen LogP) is 1.96. The molecule has 0 unspecified atom stereocenters. The fourth-order valence-corrected chi connectivity index (χ4v) is 3.44. The Morgan fingerprint density at radius 3 is 2.15 bits per heavy atom. The van der Waals surface area contributed by atoms with Crippen LogP contribution in [0, 0.1) is 20.8 Å². The zero-order chi connectivity index (χ0) is 19.3. The Labute approximate surface area is 156 Å². The summed E-state index contributed by atoms with van der Waals surface area (Å²) in [5, 5.41) is 5.94. The minimum Gasteiger partial charge on any atom is -0.353 e. The van der Waals surface area contributed by atoms with Gasteiger partial charge < -0.3 is 15.5 Å². The molecule has 6 nitrogen and oxygen atoms in total. The Morgan fingerprint density at radius 1 is 1.04 bits per heavy atom. The highest BCUT2D eigenvalue weighted by molar-refractivity contribution is 5.78. The fourth-order valence-electron chi connectivity index (χ4n) is 3.44. The molecule has 1 aliphatic rings. The zero-order valence-corrected chi connectivity index (χ0v) is 16.7. The monoisotopic (exact) mass is 360 g/mol. The standard InChI is InChI=1S/C20H32N4O2/c1-14(2)22-19(25)13-23-6-8-24(9-7-23)20(26)21-12-18-16(4)10-15(3)11-17(18)5/h10-11,14H,6-9,12-13H2,1-5H3,(H,21,26)(H,22,25). The van der Waals surface area contributed by atoms with Crippen molar-refractivity contribution in [2.24, 2.45) is 0 Å². The van der Waals surface area contributed by atoms with Crippen molar-refractivity contribution in [3.05, 3.63) is 34.4 Å². The maximum atomic E-state index is 12.5. The second-order valence-electron chi connectivity index (χ2n) is 7.52. The normalized spacial score (nSPS) is 15.2. The third kappa shape index (κ3) is 5.73. The molecular formula is C20H32N4O2. The highest BCUT2D eigenvalue weighted by Gasteiger charge is 2.22. The molecule has 0 atom stereocenters. The number of amides is 3. The number of rotatable bonds is 5. The molecule has 144 valence electrons. The average molecular weight is 361 g/mol. The fraction of sp³-hybridized carbons (Fsp3) is 0.600. The molecule has 1 heterocycles. The molecule has 1 aliphatic heterocycles. The Balaban J connectivity index is 1.79. The van der Waals surface area contributed by atoms with E-state index in [9.17, 15) is 9.59 Å². The van der Waals surface area contributed by atoms with Crippen molar-refractivity contribution in [1.29, 1.82) is 0 Å². The van der Waals surface area contributed by atoms with E-state index < -0.39 is 0 Å². The van der Waals surface area contributed by atoms with Crippen LogP contribution < -0.4 is 10.6 Å². The van der Waals surface area contributed by atoms with Gasteiger partial charge in [0.15, 0.2) is 0 Å². The number of nitrogens with zero attached hydrogens (tertiary/aromatic N) is 2. The van der Waals surface area contributed by atoms with Gasteiger partial charge in [0.1, 0.15) is 0 Å². The van der Waals surface area contributed by atoms with Crippen LogP contribution in [0.5, 0.6) is 0 Å². The van der Waals surface area contributed by atoms with Gasteiger partial charge in [-0.15, -0.1) is 0 Å². The van der Waals surface area contributed by atoms with E-state index in [0.717, 1.165) is 13.1 Å². The molecule has 1 aromatic carbocycles. The van der Waals surface area contributed by atoms with Gasteiger partial charge in [-0.3, -0.25) is 9.69 Å². The molecule has 0 radical (unpaired) electrons. The maximum Gasteiger partial charge on any atom is 0.317 e. The van der Waals surface area contributed by atoms with Crippen molar-refractivity contribution >= 4 is 11.9 Å². The summed E-state index contributed by atoms with van der Waals surface area (Å²) in [6, 6.07) is 4.42. The van der Waals surface area contributed by atoms with Gasteiger partial charge in [0.2, 0.25) is 5.91 Å². The number of aryl methyl sites for hydroxylation is 3. The van der Waals surface area contributed by atoms with Gasteiger partial charge in [-0.2, -0.15) is 0 Å². The van der Waals surface area contributed by atoms with Gasteiger partial charge in [-0.1, -0.05) is 17.7 Å². The Bertz CT molecular complexity index is 626. The van der Waals surface area contributed by atoms with E-state index in [-0.39, 0.29) is 18.0 Å². The number of hydrogen-bond acceptors (Lipinski definition) is 3. The zero-order valence-electron chi connectivity index (χ0n) is 16.7. The lowest BCUT2D eigenvalue weighted by Crippen LogP contribution is -2.53. The average Bonchev–Trinajstić information content (AvgIpc) is 2.53. The summed E-state index contributed by atoms with van der Waals surface area (Å²) in [6.45, 7) is 13.9. The first-order valence-electron chi connectivity index (χ1n) is 9.37. The number of carbonyl (C=O) groups excluding carboxylic acids is 2. The van der Waals surface area contributed by atoms with Crippen molar-refractivity contribution in [1.82, 2.24) is 20.4 Å². The third-order valence-corrected chi connectivity index (χ3v) is 4.73. The topological polar surface area (TPSA) is 64.7 Å². The molecule has 0 bridgehead atoms. The highest BCUT2D eigenvalue weighted by atomic mass is 16.2. The van der Waals surface area contributed by atoms with Crippen LogP contribution in [0.4, 0.5) is 4.79 Å². The summed E-state index contributed by atoms with van der Waals surface area (Å²) in [5.74, 6) is 0.0447. The molecule has 2 rings (SSSR count). The lowest BCUT2D eigenvalue weighted by Gasteiger charge is -2.34.